The van der Waals surface area contributed by atoms with Gasteiger partial charge in [-0.15, -0.1) is 0 Å². The average Bonchev–Trinajstić information content (AvgIpc) is 2.21. The number of nitro groups is 1. The Morgan fingerprint density at radius 1 is 1.50 bits per heavy atom. The van der Waals surface area contributed by atoms with Gasteiger partial charge in [0.25, 0.3) is 5.69 Å². The van der Waals surface area contributed by atoms with Gasteiger partial charge in [0, 0.05) is 17.7 Å². The van der Waals surface area contributed by atoms with Crippen molar-refractivity contribution < 1.29 is 9.31 Å². The van der Waals surface area contributed by atoms with E-state index in [2.05, 4.69) is 0 Å². The van der Waals surface area contributed by atoms with E-state index in [-0.39, 0.29) is 27.1 Å². The Kier molecular flexibility index (Phi) is 4.66. The van der Waals surface area contributed by atoms with E-state index in [0.29, 0.717) is 5.56 Å². The summed E-state index contributed by atoms with van der Waals surface area (Å²) in [7, 11) is 0. The van der Waals surface area contributed by atoms with Gasteiger partial charge in [-0.1, -0.05) is 20.8 Å². The molecule has 0 heterocycles. The Hall–Kier alpha value is -0.760. The zero-order chi connectivity index (χ0) is 14.1. The lowest BCUT2D eigenvalue weighted by Crippen LogP contribution is -2.37. The van der Waals surface area contributed by atoms with Crippen molar-refractivity contribution in [2.75, 3.05) is 0 Å². The Morgan fingerprint density at radius 3 is 2.50 bits per heavy atom. The second kappa shape index (κ2) is 5.48. The Balaban J connectivity index is 3.15. The van der Waals surface area contributed by atoms with Gasteiger partial charge in [0.2, 0.25) is 0 Å². The topological polar surface area (TPSA) is 69.2 Å². The van der Waals surface area contributed by atoms with E-state index in [0.717, 1.165) is 0 Å². The molecule has 0 fully saturated rings. The number of benzene rings is 1. The first kappa shape index (κ1) is 15.3. The zero-order valence-electron chi connectivity index (χ0n) is 10.5. The Labute approximate surface area is 119 Å². The normalized spacial score (nSPS) is 13.4. The lowest BCUT2D eigenvalue weighted by atomic mass is 9.83. The molecule has 0 aliphatic rings. The van der Waals surface area contributed by atoms with E-state index in [9.17, 15) is 14.5 Å². The number of hydrogen-bond acceptors (Lipinski definition) is 3. The highest BCUT2D eigenvalue weighted by molar-refractivity contribution is 14.1. The standard InChI is InChI=1S/C12H16FIN2O2/c1-12(2,3)11(15)5-7-4-8(13)9(14)6-10(7)16(17)18/h4,6,11H,5,15H2,1-3H3. The molecule has 0 aromatic heterocycles. The Bertz CT molecular complexity index is 472. The molecule has 100 valence electrons. The summed E-state index contributed by atoms with van der Waals surface area (Å²) in [5.41, 5.74) is 6.08. The quantitative estimate of drug-likeness (QED) is 0.507. The van der Waals surface area contributed by atoms with E-state index in [1.807, 2.05) is 20.8 Å². The molecule has 0 saturated carbocycles. The van der Waals surface area contributed by atoms with Crippen LogP contribution in [0.15, 0.2) is 12.1 Å². The molecule has 0 bridgehead atoms. The fraction of sp³-hybridized carbons (Fsp3) is 0.500. The van der Waals surface area contributed by atoms with Crippen molar-refractivity contribution in [2.45, 2.75) is 33.2 Å². The molecule has 4 nitrogen and oxygen atoms in total. The third-order valence-corrected chi connectivity index (χ3v) is 3.70. The summed E-state index contributed by atoms with van der Waals surface area (Å²) in [5.74, 6) is -0.447. The van der Waals surface area contributed by atoms with Crippen molar-refractivity contribution in [3.05, 3.63) is 37.2 Å². The Morgan fingerprint density at radius 2 is 2.06 bits per heavy atom. The van der Waals surface area contributed by atoms with Gasteiger partial charge in [0.05, 0.1) is 8.49 Å². The molecule has 0 aliphatic carbocycles. The van der Waals surface area contributed by atoms with Gasteiger partial charge in [0.1, 0.15) is 5.82 Å². The van der Waals surface area contributed by atoms with Crippen molar-refractivity contribution in [1.29, 1.82) is 0 Å². The summed E-state index contributed by atoms with van der Waals surface area (Å²) < 4.78 is 13.7. The van der Waals surface area contributed by atoms with Gasteiger partial charge >= 0.3 is 0 Å². The molecule has 0 aliphatic heterocycles. The van der Waals surface area contributed by atoms with E-state index >= 15 is 0 Å². The van der Waals surface area contributed by atoms with Crippen molar-refractivity contribution in [1.82, 2.24) is 0 Å². The molecule has 18 heavy (non-hydrogen) atoms. The number of halogens is 2. The van der Waals surface area contributed by atoms with Crippen LogP contribution in [0, 0.1) is 24.9 Å². The van der Waals surface area contributed by atoms with E-state index in [1.54, 1.807) is 22.6 Å². The number of rotatable bonds is 3. The van der Waals surface area contributed by atoms with Gasteiger partial charge in [0.15, 0.2) is 0 Å². The predicted molar refractivity (Wildman–Crippen MR) is 76.9 cm³/mol. The van der Waals surface area contributed by atoms with Crippen molar-refractivity contribution in [3.63, 3.8) is 0 Å². The van der Waals surface area contributed by atoms with Crippen LogP contribution < -0.4 is 5.73 Å². The zero-order valence-corrected chi connectivity index (χ0v) is 12.7. The smallest absolute Gasteiger partial charge is 0.273 e. The first-order valence-electron chi connectivity index (χ1n) is 5.51. The molecule has 0 radical (unpaired) electrons. The van der Waals surface area contributed by atoms with Crippen LogP contribution in [0.2, 0.25) is 0 Å². The first-order valence-corrected chi connectivity index (χ1v) is 6.58. The number of nitro benzene ring substituents is 1. The summed E-state index contributed by atoms with van der Waals surface area (Å²) in [6.45, 7) is 5.85. The van der Waals surface area contributed by atoms with Gasteiger partial charge in [-0.3, -0.25) is 10.1 Å². The minimum atomic E-state index is -0.494. The average molecular weight is 366 g/mol. The van der Waals surface area contributed by atoms with Crippen molar-refractivity contribution >= 4 is 28.3 Å². The maximum atomic E-state index is 13.5. The molecule has 0 spiro atoms. The van der Waals surface area contributed by atoms with Crippen LogP contribution in [0.4, 0.5) is 10.1 Å². The van der Waals surface area contributed by atoms with Gasteiger partial charge in [-0.25, -0.2) is 4.39 Å². The summed E-state index contributed by atoms with van der Waals surface area (Å²) in [5, 5.41) is 11.0. The molecule has 1 aromatic carbocycles. The van der Waals surface area contributed by atoms with Crippen molar-refractivity contribution in [2.24, 2.45) is 11.1 Å². The number of nitrogens with two attached hydrogens (primary N) is 1. The van der Waals surface area contributed by atoms with Crippen LogP contribution in [0.3, 0.4) is 0 Å². The third-order valence-electron chi connectivity index (χ3n) is 2.87. The first-order chi connectivity index (χ1) is 8.12. The lowest BCUT2D eigenvalue weighted by Gasteiger charge is -2.27. The van der Waals surface area contributed by atoms with Gasteiger partial charge < -0.3 is 5.73 Å². The summed E-state index contributed by atoms with van der Waals surface area (Å²) >= 11 is 1.74. The molecule has 0 amide bonds. The highest BCUT2D eigenvalue weighted by Gasteiger charge is 2.25. The predicted octanol–water partition coefficient (Wildman–Crippen LogP) is 3.25. The van der Waals surface area contributed by atoms with E-state index in [4.69, 9.17) is 5.73 Å². The molecule has 1 atom stereocenters. The summed E-state index contributed by atoms with van der Waals surface area (Å²) in [4.78, 5) is 10.5. The molecule has 2 N–H and O–H groups in total. The van der Waals surface area contributed by atoms with Gasteiger partial charge in [-0.2, -0.15) is 0 Å². The summed E-state index contributed by atoms with van der Waals surface area (Å²) in [6.07, 6.45) is 0.285. The van der Waals surface area contributed by atoms with Crippen LogP contribution in [0.25, 0.3) is 0 Å². The summed E-state index contributed by atoms with van der Waals surface area (Å²) in [6, 6.07) is 2.20. The van der Waals surface area contributed by atoms with Crippen LogP contribution in [0.1, 0.15) is 26.3 Å². The van der Waals surface area contributed by atoms with Crippen LogP contribution in [0.5, 0.6) is 0 Å². The second-order valence-corrected chi connectivity index (χ2v) is 6.49. The van der Waals surface area contributed by atoms with Crippen LogP contribution >= 0.6 is 22.6 Å². The van der Waals surface area contributed by atoms with E-state index in [1.165, 1.54) is 12.1 Å². The van der Waals surface area contributed by atoms with Crippen LogP contribution in [-0.4, -0.2) is 11.0 Å². The molecule has 1 rings (SSSR count). The molecular weight excluding hydrogens is 350 g/mol. The molecule has 1 unspecified atom stereocenters. The fourth-order valence-corrected chi connectivity index (χ4v) is 1.90. The molecule has 6 heteroatoms. The lowest BCUT2D eigenvalue weighted by molar-refractivity contribution is -0.385. The molecule has 1 aromatic rings. The third kappa shape index (κ3) is 3.61. The number of nitrogens with zero attached hydrogens (tertiary/aromatic N) is 1. The van der Waals surface area contributed by atoms with Crippen molar-refractivity contribution in [3.8, 4) is 0 Å². The maximum absolute atomic E-state index is 13.5. The second-order valence-electron chi connectivity index (χ2n) is 5.33. The monoisotopic (exact) mass is 366 g/mol. The minimum Gasteiger partial charge on any atom is -0.327 e. The maximum Gasteiger partial charge on any atom is 0.273 e. The minimum absolute atomic E-state index is 0.0690. The molecule has 0 saturated heterocycles. The van der Waals surface area contributed by atoms with Crippen LogP contribution in [-0.2, 0) is 6.42 Å². The number of hydrogen-bond donors (Lipinski definition) is 1. The highest BCUT2D eigenvalue weighted by Crippen LogP contribution is 2.28. The fourth-order valence-electron chi connectivity index (χ4n) is 1.45. The van der Waals surface area contributed by atoms with E-state index < -0.39 is 10.7 Å². The highest BCUT2D eigenvalue weighted by atomic mass is 127. The largest absolute Gasteiger partial charge is 0.327 e. The van der Waals surface area contributed by atoms with Gasteiger partial charge in [-0.05, 0) is 40.5 Å². The SMILES string of the molecule is CC(C)(C)C(N)Cc1cc(F)c(I)cc1[N+](=O)[O-]. The molecular formula is C12H16FIN2O2.